The maximum absolute atomic E-state index is 13.2. The lowest BCUT2D eigenvalue weighted by Crippen LogP contribution is -2.05. The molecule has 0 radical (unpaired) electrons. The second kappa shape index (κ2) is 6.17. The van der Waals surface area contributed by atoms with Gasteiger partial charge in [0.25, 0.3) is 0 Å². The van der Waals surface area contributed by atoms with E-state index in [4.69, 9.17) is 10.5 Å². The predicted molar refractivity (Wildman–Crippen MR) is 69.9 cm³/mol. The molecule has 2 aromatic rings. The standard InChI is InChI=1S/C15H16FNO/c16-14-7-6-13(8-9-17)15(10-14)18-11-12-4-2-1-3-5-12/h1-7,10H,8-9,11,17H2. The Labute approximate surface area is 106 Å². The summed E-state index contributed by atoms with van der Waals surface area (Å²) in [5.41, 5.74) is 7.52. The molecule has 0 heterocycles. The summed E-state index contributed by atoms with van der Waals surface area (Å²) in [6, 6.07) is 14.4. The van der Waals surface area contributed by atoms with E-state index in [1.54, 1.807) is 6.07 Å². The molecular weight excluding hydrogens is 229 g/mol. The predicted octanol–water partition coefficient (Wildman–Crippen LogP) is 2.91. The third kappa shape index (κ3) is 3.31. The Hall–Kier alpha value is -1.87. The van der Waals surface area contributed by atoms with Crippen molar-refractivity contribution in [3.63, 3.8) is 0 Å². The van der Waals surface area contributed by atoms with E-state index >= 15 is 0 Å². The van der Waals surface area contributed by atoms with Crippen LogP contribution in [0.2, 0.25) is 0 Å². The molecule has 2 rings (SSSR count). The normalized spacial score (nSPS) is 10.3. The van der Waals surface area contributed by atoms with Gasteiger partial charge in [-0.25, -0.2) is 4.39 Å². The van der Waals surface area contributed by atoms with E-state index in [0.29, 0.717) is 25.3 Å². The van der Waals surface area contributed by atoms with Crippen LogP contribution in [0.25, 0.3) is 0 Å². The number of halogens is 1. The van der Waals surface area contributed by atoms with Crippen molar-refractivity contribution in [2.75, 3.05) is 6.54 Å². The molecule has 18 heavy (non-hydrogen) atoms. The van der Waals surface area contributed by atoms with Crippen LogP contribution in [0.15, 0.2) is 48.5 Å². The summed E-state index contributed by atoms with van der Waals surface area (Å²) in [7, 11) is 0. The minimum Gasteiger partial charge on any atom is -0.489 e. The summed E-state index contributed by atoms with van der Waals surface area (Å²) in [6.07, 6.45) is 0.685. The molecule has 0 fully saturated rings. The molecule has 2 nitrogen and oxygen atoms in total. The number of nitrogens with two attached hydrogens (primary N) is 1. The van der Waals surface area contributed by atoms with Gasteiger partial charge in [0.05, 0.1) is 0 Å². The van der Waals surface area contributed by atoms with E-state index in [2.05, 4.69) is 0 Å². The van der Waals surface area contributed by atoms with Crippen LogP contribution in [0, 0.1) is 5.82 Å². The third-order valence-corrected chi connectivity index (χ3v) is 2.68. The minimum absolute atomic E-state index is 0.293. The van der Waals surface area contributed by atoms with E-state index in [0.717, 1.165) is 11.1 Å². The van der Waals surface area contributed by atoms with Gasteiger partial charge in [-0.05, 0) is 30.2 Å². The topological polar surface area (TPSA) is 35.2 Å². The van der Waals surface area contributed by atoms with Crippen molar-refractivity contribution in [3.05, 3.63) is 65.5 Å². The number of benzene rings is 2. The highest BCUT2D eigenvalue weighted by Gasteiger charge is 2.05. The maximum atomic E-state index is 13.2. The first-order valence-corrected chi connectivity index (χ1v) is 5.95. The zero-order chi connectivity index (χ0) is 12.8. The highest BCUT2D eigenvalue weighted by atomic mass is 19.1. The molecule has 0 aliphatic carbocycles. The fourth-order valence-electron chi connectivity index (χ4n) is 1.76. The van der Waals surface area contributed by atoms with Crippen LogP contribution in [0.4, 0.5) is 4.39 Å². The van der Waals surface area contributed by atoms with E-state index < -0.39 is 0 Å². The zero-order valence-electron chi connectivity index (χ0n) is 10.1. The van der Waals surface area contributed by atoms with Crippen LogP contribution in [-0.4, -0.2) is 6.54 Å². The number of rotatable bonds is 5. The Morgan fingerprint density at radius 1 is 1.06 bits per heavy atom. The first-order valence-electron chi connectivity index (χ1n) is 5.95. The molecule has 0 saturated heterocycles. The minimum atomic E-state index is -0.293. The van der Waals surface area contributed by atoms with Crippen molar-refractivity contribution in [1.29, 1.82) is 0 Å². The number of hydrogen-bond acceptors (Lipinski definition) is 2. The molecule has 94 valence electrons. The van der Waals surface area contributed by atoms with Gasteiger partial charge in [-0.3, -0.25) is 0 Å². The molecule has 3 heteroatoms. The van der Waals surface area contributed by atoms with Gasteiger partial charge in [0.2, 0.25) is 0 Å². The average Bonchev–Trinajstić information content (AvgIpc) is 2.40. The molecule has 0 spiro atoms. The van der Waals surface area contributed by atoms with Crippen LogP contribution in [0.3, 0.4) is 0 Å². The Kier molecular flexibility index (Phi) is 4.31. The Bertz CT molecular complexity index is 499. The van der Waals surface area contributed by atoms with E-state index in [-0.39, 0.29) is 5.82 Å². The van der Waals surface area contributed by atoms with Gasteiger partial charge in [-0.2, -0.15) is 0 Å². The summed E-state index contributed by atoms with van der Waals surface area (Å²) in [4.78, 5) is 0. The van der Waals surface area contributed by atoms with Gasteiger partial charge < -0.3 is 10.5 Å². The maximum Gasteiger partial charge on any atom is 0.126 e. The zero-order valence-corrected chi connectivity index (χ0v) is 10.1. The van der Waals surface area contributed by atoms with E-state index in [1.165, 1.54) is 12.1 Å². The van der Waals surface area contributed by atoms with Crippen molar-refractivity contribution in [3.8, 4) is 5.75 Å². The molecule has 0 saturated carbocycles. The first-order chi connectivity index (χ1) is 8.79. The summed E-state index contributed by atoms with van der Waals surface area (Å²) in [6.45, 7) is 0.954. The smallest absolute Gasteiger partial charge is 0.126 e. The van der Waals surface area contributed by atoms with Crippen LogP contribution < -0.4 is 10.5 Å². The SMILES string of the molecule is NCCc1ccc(F)cc1OCc1ccccc1. The van der Waals surface area contributed by atoms with Crippen LogP contribution in [-0.2, 0) is 13.0 Å². The Morgan fingerprint density at radius 2 is 1.83 bits per heavy atom. The molecule has 0 atom stereocenters. The average molecular weight is 245 g/mol. The van der Waals surface area contributed by atoms with Gasteiger partial charge >= 0.3 is 0 Å². The van der Waals surface area contributed by atoms with Gasteiger partial charge in [-0.1, -0.05) is 36.4 Å². The first kappa shape index (κ1) is 12.6. The third-order valence-electron chi connectivity index (χ3n) is 2.68. The lowest BCUT2D eigenvalue weighted by molar-refractivity contribution is 0.301. The summed E-state index contributed by atoms with van der Waals surface area (Å²) in [5.74, 6) is 0.281. The Balaban J connectivity index is 2.10. The van der Waals surface area contributed by atoms with Crippen LogP contribution in [0.5, 0.6) is 5.75 Å². The quantitative estimate of drug-likeness (QED) is 0.879. The molecule has 0 bridgehead atoms. The van der Waals surface area contributed by atoms with Crippen molar-refractivity contribution < 1.29 is 9.13 Å². The highest BCUT2D eigenvalue weighted by Crippen LogP contribution is 2.21. The van der Waals surface area contributed by atoms with Crippen molar-refractivity contribution in [2.24, 2.45) is 5.73 Å². The van der Waals surface area contributed by atoms with Crippen molar-refractivity contribution in [2.45, 2.75) is 13.0 Å². The summed E-state index contributed by atoms with van der Waals surface area (Å²) < 4.78 is 18.9. The monoisotopic (exact) mass is 245 g/mol. The van der Waals surface area contributed by atoms with Crippen molar-refractivity contribution in [1.82, 2.24) is 0 Å². The second-order valence-electron chi connectivity index (χ2n) is 4.06. The number of ether oxygens (including phenoxy) is 1. The summed E-state index contributed by atoms with van der Waals surface area (Å²) in [5, 5.41) is 0. The lowest BCUT2D eigenvalue weighted by atomic mass is 10.1. The lowest BCUT2D eigenvalue weighted by Gasteiger charge is -2.11. The van der Waals surface area contributed by atoms with Gasteiger partial charge in [0.1, 0.15) is 18.2 Å². The van der Waals surface area contributed by atoms with Gasteiger partial charge in [0, 0.05) is 6.07 Å². The van der Waals surface area contributed by atoms with E-state index in [9.17, 15) is 4.39 Å². The summed E-state index contributed by atoms with van der Waals surface area (Å²) >= 11 is 0. The molecule has 0 aliphatic rings. The van der Waals surface area contributed by atoms with E-state index in [1.807, 2.05) is 30.3 Å². The molecule has 0 amide bonds. The highest BCUT2D eigenvalue weighted by molar-refractivity contribution is 5.34. The molecule has 0 unspecified atom stereocenters. The molecular formula is C15H16FNO. The fraction of sp³-hybridized carbons (Fsp3) is 0.200. The van der Waals surface area contributed by atoms with Gasteiger partial charge in [-0.15, -0.1) is 0 Å². The molecule has 0 aromatic heterocycles. The molecule has 0 aliphatic heterocycles. The molecule has 2 aromatic carbocycles. The second-order valence-corrected chi connectivity index (χ2v) is 4.06. The van der Waals surface area contributed by atoms with Gasteiger partial charge in [0.15, 0.2) is 0 Å². The Morgan fingerprint density at radius 3 is 2.56 bits per heavy atom. The number of hydrogen-bond donors (Lipinski definition) is 1. The van der Waals surface area contributed by atoms with Crippen molar-refractivity contribution >= 4 is 0 Å². The largest absolute Gasteiger partial charge is 0.489 e. The molecule has 2 N–H and O–H groups in total. The van der Waals surface area contributed by atoms with Crippen LogP contribution in [0.1, 0.15) is 11.1 Å². The fourth-order valence-corrected chi connectivity index (χ4v) is 1.76. The van der Waals surface area contributed by atoms with Crippen LogP contribution >= 0.6 is 0 Å².